The number of halogens is 3. The van der Waals surface area contributed by atoms with Gasteiger partial charge in [-0.3, -0.25) is 9.69 Å². The number of aryl methyl sites for hydroxylation is 1. The summed E-state index contributed by atoms with van der Waals surface area (Å²) in [5.74, 6) is 0.382. The highest BCUT2D eigenvalue weighted by molar-refractivity contribution is 7.18. The molecule has 214 valence electrons. The van der Waals surface area contributed by atoms with Crippen molar-refractivity contribution in [2.45, 2.75) is 58.4 Å². The number of fused-ring (bicyclic) bond motifs is 2. The Balaban J connectivity index is 1.24. The first-order valence-electron chi connectivity index (χ1n) is 13.3. The van der Waals surface area contributed by atoms with Crippen molar-refractivity contribution in [2.24, 2.45) is 0 Å². The molecule has 0 spiro atoms. The number of hydrogen-bond acceptors (Lipinski definition) is 7. The van der Waals surface area contributed by atoms with Crippen LogP contribution in [0.3, 0.4) is 0 Å². The Kier molecular flexibility index (Phi) is 8.02. The molecule has 0 unspecified atom stereocenters. The van der Waals surface area contributed by atoms with E-state index in [1.807, 2.05) is 16.7 Å². The molecule has 1 aliphatic heterocycles. The summed E-state index contributed by atoms with van der Waals surface area (Å²) < 4.78 is 40.5. The molecule has 0 bridgehead atoms. The fourth-order valence-electron chi connectivity index (χ4n) is 5.41. The summed E-state index contributed by atoms with van der Waals surface area (Å²) in [4.78, 5) is 23.1. The number of nitriles is 1. The van der Waals surface area contributed by atoms with Crippen molar-refractivity contribution in [1.82, 2.24) is 24.8 Å². The number of hydrogen-bond donors (Lipinski definition) is 2. The molecular formula is C29H30F3N7OS. The number of amides is 1. The van der Waals surface area contributed by atoms with Crippen molar-refractivity contribution >= 4 is 44.2 Å². The van der Waals surface area contributed by atoms with Gasteiger partial charge in [0.05, 0.1) is 18.4 Å². The minimum absolute atomic E-state index is 0.155. The van der Waals surface area contributed by atoms with Crippen LogP contribution in [0.25, 0.3) is 21.1 Å². The zero-order chi connectivity index (χ0) is 29.3. The smallest absolute Gasteiger partial charge is 0.367 e. The van der Waals surface area contributed by atoms with E-state index in [4.69, 9.17) is 0 Å². The molecule has 8 nitrogen and oxygen atoms in total. The van der Waals surface area contributed by atoms with Gasteiger partial charge in [0, 0.05) is 54.1 Å². The molecule has 0 radical (unpaired) electrons. The number of aromatic nitrogens is 3. The van der Waals surface area contributed by atoms with Gasteiger partial charge in [-0.1, -0.05) is 12.6 Å². The van der Waals surface area contributed by atoms with Crippen molar-refractivity contribution in [1.29, 1.82) is 5.26 Å². The minimum Gasteiger partial charge on any atom is -0.367 e. The maximum absolute atomic E-state index is 12.9. The molecule has 0 saturated carbocycles. The third kappa shape index (κ3) is 6.52. The van der Waals surface area contributed by atoms with E-state index in [9.17, 15) is 23.2 Å². The molecule has 12 heteroatoms. The number of nitrogens with one attached hydrogen (secondary N) is 2. The lowest BCUT2D eigenvalue weighted by Crippen LogP contribution is -2.39. The van der Waals surface area contributed by atoms with Gasteiger partial charge in [-0.2, -0.15) is 18.4 Å². The first kappa shape index (κ1) is 28.6. The molecule has 4 heterocycles. The molecule has 4 aromatic rings. The highest BCUT2D eigenvalue weighted by Crippen LogP contribution is 2.33. The van der Waals surface area contributed by atoms with Crippen LogP contribution in [0.1, 0.15) is 41.5 Å². The van der Waals surface area contributed by atoms with Crippen LogP contribution >= 0.6 is 11.3 Å². The van der Waals surface area contributed by atoms with Gasteiger partial charge in [-0.25, -0.2) is 9.97 Å². The molecule has 1 aliphatic rings. The van der Waals surface area contributed by atoms with Crippen LogP contribution in [0, 0.1) is 18.3 Å². The Morgan fingerprint density at radius 2 is 1.98 bits per heavy atom. The van der Waals surface area contributed by atoms with E-state index >= 15 is 0 Å². The third-order valence-corrected chi connectivity index (χ3v) is 8.40. The van der Waals surface area contributed by atoms with Crippen LogP contribution in [0.15, 0.2) is 42.9 Å². The second kappa shape index (κ2) is 11.5. The van der Waals surface area contributed by atoms with Crippen molar-refractivity contribution in [2.75, 3.05) is 18.4 Å². The average molecular weight is 582 g/mol. The Bertz CT molecular complexity index is 1660. The molecule has 0 atom stereocenters. The van der Waals surface area contributed by atoms with Gasteiger partial charge in [-0.15, -0.1) is 11.3 Å². The third-order valence-electron chi connectivity index (χ3n) is 7.36. The SMILES string of the molecule is C=C(Cn1c(C#N)cc2c(C)c(CN3CCC(Nc4ncnc5sc(CC(F)(F)F)cc45)CC3)ccc21)NC(C)=O. The molecule has 1 aromatic carbocycles. The molecule has 1 fully saturated rings. The average Bonchev–Trinajstić information content (AvgIpc) is 3.46. The minimum atomic E-state index is -4.26. The fraction of sp³-hybridized carbons (Fsp3) is 0.379. The number of benzene rings is 1. The number of likely N-dealkylation sites (tertiary alicyclic amines) is 1. The monoisotopic (exact) mass is 581 g/mol. The summed E-state index contributed by atoms with van der Waals surface area (Å²) in [6.45, 7) is 10.2. The lowest BCUT2D eigenvalue weighted by molar-refractivity contribution is -0.126. The van der Waals surface area contributed by atoms with Crippen LogP contribution in [0.2, 0.25) is 0 Å². The van der Waals surface area contributed by atoms with Gasteiger partial charge in [0.25, 0.3) is 0 Å². The molecule has 3 aromatic heterocycles. The van der Waals surface area contributed by atoms with Gasteiger partial charge >= 0.3 is 6.18 Å². The van der Waals surface area contributed by atoms with E-state index in [0.29, 0.717) is 34.0 Å². The van der Waals surface area contributed by atoms with Gasteiger partial charge in [0.15, 0.2) is 0 Å². The second-order valence-electron chi connectivity index (χ2n) is 10.4. The molecule has 1 amide bonds. The summed E-state index contributed by atoms with van der Waals surface area (Å²) in [5, 5.41) is 17.5. The number of piperidine rings is 1. The fourth-order valence-corrected chi connectivity index (χ4v) is 6.44. The van der Waals surface area contributed by atoms with Crippen LogP contribution in [-0.4, -0.2) is 50.6 Å². The molecule has 0 aliphatic carbocycles. The summed E-state index contributed by atoms with van der Waals surface area (Å²) in [7, 11) is 0. The zero-order valence-corrected chi connectivity index (χ0v) is 23.6. The van der Waals surface area contributed by atoms with E-state index in [2.05, 4.69) is 51.1 Å². The van der Waals surface area contributed by atoms with Gasteiger partial charge in [0.1, 0.15) is 28.7 Å². The van der Waals surface area contributed by atoms with E-state index in [1.165, 1.54) is 18.8 Å². The number of alkyl halides is 3. The van der Waals surface area contributed by atoms with Crippen molar-refractivity contribution in [3.05, 3.63) is 64.6 Å². The van der Waals surface area contributed by atoms with Crippen molar-refractivity contribution < 1.29 is 18.0 Å². The summed E-state index contributed by atoms with van der Waals surface area (Å²) in [5.41, 5.74) is 4.24. The molecule has 1 saturated heterocycles. The number of carbonyl (C=O) groups excluding carboxylic acids is 1. The number of anilines is 1. The lowest BCUT2D eigenvalue weighted by Gasteiger charge is -2.33. The Morgan fingerprint density at radius 3 is 2.66 bits per heavy atom. The van der Waals surface area contributed by atoms with E-state index < -0.39 is 12.6 Å². The van der Waals surface area contributed by atoms with Gasteiger partial charge < -0.3 is 15.2 Å². The molecule has 41 heavy (non-hydrogen) atoms. The Hall–Kier alpha value is -3.95. The van der Waals surface area contributed by atoms with Gasteiger partial charge in [-0.05, 0) is 49.1 Å². The highest BCUT2D eigenvalue weighted by atomic mass is 32.1. The van der Waals surface area contributed by atoms with E-state index in [1.54, 1.807) is 6.07 Å². The first-order valence-corrected chi connectivity index (χ1v) is 14.1. The summed E-state index contributed by atoms with van der Waals surface area (Å²) in [6.07, 6.45) is -2.10. The van der Waals surface area contributed by atoms with Crippen molar-refractivity contribution in [3.8, 4) is 6.07 Å². The summed E-state index contributed by atoms with van der Waals surface area (Å²) >= 11 is 1.05. The quantitative estimate of drug-likeness (QED) is 0.279. The van der Waals surface area contributed by atoms with Crippen LogP contribution in [0.4, 0.5) is 19.0 Å². The largest absolute Gasteiger partial charge is 0.393 e. The van der Waals surface area contributed by atoms with Crippen LogP contribution in [-0.2, 0) is 24.3 Å². The standard InChI is InChI=1S/C29H30F3N7OS/c1-17(36-19(3)40)14-39-22(13-33)10-24-18(2)20(4-5-26(24)39)15-38-8-6-21(7-9-38)37-27-25-11-23(12-29(30,31)32)41-28(25)35-16-34-27/h4-5,10-11,16,21H,1,6-9,12,14-15H2,2-3H3,(H,36,40)(H,34,35,37). The van der Waals surface area contributed by atoms with Crippen LogP contribution in [0.5, 0.6) is 0 Å². The Morgan fingerprint density at radius 1 is 1.22 bits per heavy atom. The normalized spacial score (nSPS) is 14.8. The number of nitrogens with zero attached hydrogens (tertiary/aromatic N) is 5. The lowest BCUT2D eigenvalue weighted by atomic mass is 10.0. The highest BCUT2D eigenvalue weighted by Gasteiger charge is 2.29. The van der Waals surface area contributed by atoms with E-state index in [-0.39, 0.29) is 16.8 Å². The predicted molar refractivity (Wildman–Crippen MR) is 153 cm³/mol. The number of allylic oxidation sites excluding steroid dienone is 1. The maximum Gasteiger partial charge on any atom is 0.393 e. The predicted octanol–water partition coefficient (Wildman–Crippen LogP) is 5.66. The first-order chi connectivity index (χ1) is 19.5. The number of carbonyl (C=O) groups is 1. The summed E-state index contributed by atoms with van der Waals surface area (Å²) in [6, 6.07) is 9.95. The van der Waals surface area contributed by atoms with E-state index in [0.717, 1.165) is 60.3 Å². The molecule has 5 rings (SSSR count). The molecular weight excluding hydrogens is 551 g/mol. The van der Waals surface area contributed by atoms with Crippen LogP contribution < -0.4 is 10.6 Å². The zero-order valence-electron chi connectivity index (χ0n) is 22.8. The second-order valence-corrected chi connectivity index (χ2v) is 11.6. The maximum atomic E-state index is 12.9. The Labute approximate surface area is 239 Å². The number of rotatable bonds is 8. The number of thiophene rings is 1. The van der Waals surface area contributed by atoms with Gasteiger partial charge in [0.2, 0.25) is 5.91 Å². The topological polar surface area (TPSA) is 98.9 Å². The van der Waals surface area contributed by atoms with Crippen molar-refractivity contribution in [3.63, 3.8) is 0 Å². The molecule has 2 N–H and O–H groups in total.